The first-order chi connectivity index (χ1) is 12.8. The van der Waals surface area contributed by atoms with Crippen LogP contribution >= 0.6 is 11.3 Å². The van der Waals surface area contributed by atoms with Gasteiger partial charge in [0.25, 0.3) is 5.91 Å². The molecule has 0 saturated carbocycles. The van der Waals surface area contributed by atoms with Gasteiger partial charge in [-0.15, -0.1) is 11.3 Å². The lowest BCUT2D eigenvalue weighted by atomic mass is 10.2. The maximum absolute atomic E-state index is 12.4. The van der Waals surface area contributed by atoms with Crippen LogP contribution in [0.1, 0.15) is 10.5 Å². The minimum absolute atomic E-state index is 0.309. The predicted octanol–water partition coefficient (Wildman–Crippen LogP) is 3.44. The Bertz CT molecular complexity index is 1040. The number of anilines is 2. The number of thiazole rings is 1. The van der Waals surface area contributed by atoms with Gasteiger partial charge in [-0.2, -0.15) is 0 Å². The largest absolute Gasteiger partial charge is 0.497 e. The Labute approximate surface area is 161 Å². The number of nitrogens with zero attached hydrogens (tertiary/aromatic N) is 1. The van der Waals surface area contributed by atoms with E-state index < -0.39 is 10.0 Å². The van der Waals surface area contributed by atoms with Crippen LogP contribution in [-0.4, -0.2) is 32.7 Å². The van der Waals surface area contributed by atoms with Crippen LogP contribution in [0.4, 0.5) is 11.4 Å². The Balaban J connectivity index is 1.68. The third-order valence-electron chi connectivity index (χ3n) is 3.52. The van der Waals surface area contributed by atoms with E-state index in [1.807, 2.05) is 24.3 Å². The quantitative estimate of drug-likeness (QED) is 0.657. The molecule has 0 aliphatic heterocycles. The number of benzene rings is 2. The summed E-state index contributed by atoms with van der Waals surface area (Å²) in [5, 5.41) is 5.16. The third-order valence-corrected chi connectivity index (χ3v) is 5.02. The SMILES string of the molecule is COc1ccc(-c2nc(C(=O)Nc3ccc(NS(C)(=O)=O)cc3)cs2)cc1. The number of sulfonamides is 1. The van der Waals surface area contributed by atoms with Crippen molar-refractivity contribution in [3.63, 3.8) is 0 Å². The molecule has 3 aromatic rings. The van der Waals surface area contributed by atoms with Gasteiger partial charge in [-0.05, 0) is 48.5 Å². The van der Waals surface area contributed by atoms with Crippen LogP contribution in [0.15, 0.2) is 53.9 Å². The highest BCUT2D eigenvalue weighted by molar-refractivity contribution is 7.92. The minimum atomic E-state index is -3.34. The highest BCUT2D eigenvalue weighted by Gasteiger charge is 2.12. The summed E-state index contributed by atoms with van der Waals surface area (Å²) in [4.78, 5) is 16.7. The van der Waals surface area contributed by atoms with Crippen LogP contribution < -0.4 is 14.8 Å². The van der Waals surface area contributed by atoms with Crippen molar-refractivity contribution in [2.45, 2.75) is 0 Å². The molecular weight excluding hydrogens is 386 g/mol. The standard InChI is InChI=1S/C18H17N3O4S2/c1-25-15-9-3-12(4-10-15)18-20-16(11-26-18)17(22)19-13-5-7-14(8-6-13)21-27(2,23)24/h3-11,21H,1-2H3,(H,19,22). The smallest absolute Gasteiger partial charge is 0.275 e. The molecule has 1 heterocycles. The summed E-state index contributed by atoms with van der Waals surface area (Å²) >= 11 is 1.37. The second-order valence-electron chi connectivity index (χ2n) is 5.67. The molecule has 0 fully saturated rings. The molecule has 0 bridgehead atoms. The van der Waals surface area contributed by atoms with E-state index in [2.05, 4.69) is 15.0 Å². The molecule has 1 amide bonds. The number of hydrogen-bond acceptors (Lipinski definition) is 6. The molecule has 0 spiro atoms. The normalized spacial score (nSPS) is 11.0. The van der Waals surface area contributed by atoms with E-state index in [1.54, 1.807) is 36.8 Å². The van der Waals surface area contributed by atoms with E-state index in [1.165, 1.54) is 11.3 Å². The van der Waals surface area contributed by atoms with Crippen LogP contribution in [0.25, 0.3) is 10.6 Å². The molecule has 2 aromatic carbocycles. The van der Waals surface area contributed by atoms with E-state index in [-0.39, 0.29) is 5.91 Å². The first kappa shape index (κ1) is 18.9. The van der Waals surface area contributed by atoms with Crippen molar-refractivity contribution in [3.8, 4) is 16.3 Å². The maximum atomic E-state index is 12.4. The van der Waals surface area contributed by atoms with Crippen LogP contribution in [0, 0.1) is 0 Å². The highest BCUT2D eigenvalue weighted by atomic mass is 32.2. The van der Waals surface area contributed by atoms with Gasteiger partial charge in [0, 0.05) is 22.3 Å². The summed E-state index contributed by atoms with van der Waals surface area (Å²) in [5.41, 5.74) is 2.17. The lowest BCUT2D eigenvalue weighted by molar-refractivity contribution is 0.102. The summed E-state index contributed by atoms with van der Waals surface area (Å²) in [6.07, 6.45) is 1.07. The second-order valence-corrected chi connectivity index (χ2v) is 8.28. The molecule has 140 valence electrons. The molecule has 7 nitrogen and oxygen atoms in total. The van der Waals surface area contributed by atoms with E-state index in [0.29, 0.717) is 17.1 Å². The number of amides is 1. The monoisotopic (exact) mass is 403 g/mol. The number of methoxy groups -OCH3 is 1. The van der Waals surface area contributed by atoms with Crippen molar-refractivity contribution in [1.29, 1.82) is 0 Å². The van der Waals surface area contributed by atoms with Crippen molar-refractivity contribution < 1.29 is 17.9 Å². The first-order valence-electron chi connectivity index (χ1n) is 7.83. The summed E-state index contributed by atoms with van der Waals surface area (Å²) in [6, 6.07) is 13.8. The Morgan fingerprint density at radius 1 is 1.04 bits per heavy atom. The lowest BCUT2D eigenvalue weighted by Gasteiger charge is -2.06. The molecule has 27 heavy (non-hydrogen) atoms. The molecule has 2 N–H and O–H groups in total. The molecular formula is C18H17N3O4S2. The van der Waals surface area contributed by atoms with Gasteiger partial charge in [-0.25, -0.2) is 13.4 Å². The minimum Gasteiger partial charge on any atom is -0.497 e. The Morgan fingerprint density at radius 3 is 2.26 bits per heavy atom. The maximum Gasteiger partial charge on any atom is 0.275 e. The Morgan fingerprint density at radius 2 is 1.67 bits per heavy atom. The summed E-state index contributed by atoms with van der Waals surface area (Å²) in [6.45, 7) is 0. The van der Waals surface area contributed by atoms with Crippen molar-refractivity contribution >= 4 is 38.6 Å². The molecule has 0 radical (unpaired) electrons. The predicted molar refractivity (Wildman–Crippen MR) is 107 cm³/mol. The van der Waals surface area contributed by atoms with E-state index >= 15 is 0 Å². The third kappa shape index (κ3) is 5.05. The van der Waals surface area contributed by atoms with Crippen LogP contribution in [0.5, 0.6) is 5.75 Å². The molecule has 0 aliphatic rings. The number of aromatic nitrogens is 1. The number of carbonyl (C=O) groups excluding carboxylic acids is 1. The van der Waals surface area contributed by atoms with Gasteiger partial charge in [-0.3, -0.25) is 9.52 Å². The molecule has 3 rings (SSSR count). The van der Waals surface area contributed by atoms with Crippen molar-refractivity contribution in [2.75, 3.05) is 23.4 Å². The van der Waals surface area contributed by atoms with Gasteiger partial charge >= 0.3 is 0 Å². The number of carbonyl (C=O) groups is 1. The second kappa shape index (κ2) is 7.77. The summed E-state index contributed by atoms with van der Waals surface area (Å²) in [5.74, 6) is 0.414. The van der Waals surface area contributed by atoms with Crippen molar-refractivity contribution in [3.05, 3.63) is 59.6 Å². The fraction of sp³-hybridized carbons (Fsp3) is 0.111. The average Bonchev–Trinajstić information content (AvgIpc) is 3.12. The average molecular weight is 403 g/mol. The van der Waals surface area contributed by atoms with Crippen LogP contribution in [-0.2, 0) is 10.0 Å². The van der Waals surface area contributed by atoms with Gasteiger partial charge in [0.1, 0.15) is 16.5 Å². The fourth-order valence-corrected chi connectivity index (χ4v) is 3.65. The zero-order valence-electron chi connectivity index (χ0n) is 14.6. The molecule has 9 heteroatoms. The number of hydrogen-bond donors (Lipinski definition) is 2. The van der Waals surface area contributed by atoms with Crippen LogP contribution in [0.2, 0.25) is 0 Å². The zero-order chi connectivity index (χ0) is 19.4. The first-order valence-corrected chi connectivity index (χ1v) is 10.6. The van der Waals surface area contributed by atoms with Gasteiger partial charge in [-0.1, -0.05) is 0 Å². The Kier molecular flexibility index (Phi) is 5.43. The number of nitrogens with one attached hydrogen (secondary N) is 2. The topological polar surface area (TPSA) is 97.4 Å². The van der Waals surface area contributed by atoms with Gasteiger partial charge in [0.15, 0.2) is 0 Å². The van der Waals surface area contributed by atoms with Gasteiger partial charge < -0.3 is 10.1 Å². The highest BCUT2D eigenvalue weighted by Crippen LogP contribution is 2.26. The zero-order valence-corrected chi connectivity index (χ0v) is 16.2. The Hall–Kier alpha value is -2.91. The lowest BCUT2D eigenvalue weighted by Crippen LogP contribution is -2.13. The van der Waals surface area contributed by atoms with Crippen molar-refractivity contribution in [1.82, 2.24) is 4.98 Å². The van der Waals surface area contributed by atoms with Gasteiger partial charge in [0.05, 0.1) is 13.4 Å². The molecule has 0 unspecified atom stereocenters. The number of ether oxygens (including phenoxy) is 1. The van der Waals surface area contributed by atoms with Gasteiger partial charge in [0.2, 0.25) is 10.0 Å². The summed E-state index contributed by atoms with van der Waals surface area (Å²) < 4.78 is 29.9. The summed E-state index contributed by atoms with van der Waals surface area (Å²) in [7, 11) is -1.74. The number of rotatable bonds is 6. The molecule has 1 aromatic heterocycles. The van der Waals surface area contributed by atoms with E-state index in [9.17, 15) is 13.2 Å². The van der Waals surface area contributed by atoms with E-state index in [4.69, 9.17) is 4.74 Å². The molecule has 0 aliphatic carbocycles. The van der Waals surface area contributed by atoms with E-state index in [0.717, 1.165) is 22.6 Å². The van der Waals surface area contributed by atoms with Crippen LogP contribution in [0.3, 0.4) is 0 Å². The molecule has 0 saturated heterocycles. The fourth-order valence-electron chi connectivity index (χ4n) is 2.28. The molecule has 0 atom stereocenters. The van der Waals surface area contributed by atoms with Crippen molar-refractivity contribution in [2.24, 2.45) is 0 Å².